The van der Waals surface area contributed by atoms with Crippen LogP contribution in [0, 0.1) is 5.82 Å². The number of carbonyl (C=O) groups is 1. The molecule has 0 amide bonds. The van der Waals surface area contributed by atoms with E-state index in [-0.39, 0.29) is 16.2 Å². The van der Waals surface area contributed by atoms with Gasteiger partial charge in [0.1, 0.15) is 5.82 Å². The van der Waals surface area contributed by atoms with E-state index in [4.69, 9.17) is 0 Å². The van der Waals surface area contributed by atoms with Crippen molar-refractivity contribution in [3.8, 4) is 11.3 Å². The number of imidazole rings is 1. The minimum absolute atomic E-state index is 0.0523. The molecule has 2 aromatic heterocycles. The fourth-order valence-corrected chi connectivity index (χ4v) is 3.88. The van der Waals surface area contributed by atoms with Crippen molar-refractivity contribution in [3.63, 3.8) is 0 Å². The quantitative estimate of drug-likeness (QED) is 0.479. The second-order valence-electron chi connectivity index (χ2n) is 6.93. The molecule has 0 saturated carbocycles. The Kier molecular flexibility index (Phi) is 4.87. The molecule has 2 aromatic carbocycles. The summed E-state index contributed by atoms with van der Waals surface area (Å²) in [6.45, 7) is 1.33. The molecular formula is C22H18FN3O3S. The number of aromatic nitrogens is 2. The molecule has 4 rings (SSSR count). The Morgan fingerprint density at radius 1 is 1.07 bits per heavy atom. The minimum Gasteiger partial charge on any atom is -0.352 e. The number of Topliss-reactive ketones (excluding diaryl/α,β-unsaturated/α-hetero) is 1. The molecule has 0 unspecified atom stereocenters. The summed E-state index contributed by atoms with van der Waals surface area (Å²) in [5.41, 5.74) is 3.42. The summed E-state index contributed by atoms with van der Waals surface area (Å²) in [5.74, 6) is -0.894. The van der Waals surface area contributed by atoms with Crippen LogP contribution in [0.3, 0.4) is 0 Å². The van der Waals surface area contributed by atoms with E-state index in [1.807, 2.05) is 16.5 Å². The molecule has 0 aliphatic heterocycles. The third-order valence-corrected chi connectivity index (χ3v) is 5.88. The van der Waals surface area contributed by atoms with Crippen LogP contribution in [-0.2, 0) is 9.84 Å². The fraction of sp³-hybridized carbons (Fsp3) is 0.0909. The Balaban J connectivity index is 1.71. The minimum atomic E-state index is -3.26. The Labute approximate surface area is 172 Å². The van der Waals surface area contributed by atoms with E-state index in [0.29, 0.717) is 22.6 Å². The molecule has 0 saturated heterocycles. The van der Waals surface area contributed by atoms with Gasteiger partial charge in [-0.2, -0.15) is 0 Å². The largest absolute Gasteiger partial charge is 0.352 e. The number of rotatable bonds is 5. The smallest absolute Gasteiger partial charge is 0.175 e. The molecule has 8 heteroatoms. The van der Waals surface area contributed by atoms with Gasteiger partial charge in [-0.15, -0.1) is 0 Å². The maximum absolute atomic E-state index is 14.3. The lowest BCUT2D eigenvalue weighted by molar-refractivity contribution is 0.101. The first kappa shape index (κ1) is 19.8. The van der Waals surface area contributed by atoms with Gasteiger partial charge in [0, 0.05) is 29.9 Å². The lowest BCUT2D eigenvalue weighted by Gasteiger charge is -2.12. The second kappa shape index (κ2) is 7.38. The lowest BCUT2D eigenvalue weighted by Crippen LogP contribution is -2.00. The van der Waals surface area contributed by atoms with Gasteiger partial charge in [-0.3, -0.25) is 9.20 Å². The van der Waals surface area contributed by atoms with Crippen LogP contribution in [0.25, 0.3) is 16.9 Å². The maximum atomic E-state index is 14.3. The van der Waals surface area contributed by atoms with Crippen LogP contribution in [-0.4, -0.2) is 29.8 Å². The van der Waals surface area contributed by atoms with Gasteiger partial charge in [-0.05, 0) is 55.5 Å². The number of nitrogens with zero attached hydrogens (tertiary/aromatic N) is 2. The van der Waals surface area contributed by atoms with Gasteiger partial charge in [-0.25, -0.2) is 17.8 Å². The zero-order valence-corrected chi connectivity index (χ0v) is 17.1. The van der Waals surface area contributed by atoms with E-state index in [2.05, 4.69) is 10.3 Å². The molecule has 2 heterocycles. The van der Waals surface area contributed by atoms with Crippen LogP contribution in [0.15, 0.2) is 71.9 Å². The van der Waals surface area contributed by atoms with E-state index in [9.17, 15) is 17.6 Å². The first-order valence-electron chi connectivity index (χ1n) is 9.08. The number of hydrogen-bond donors (Lipinski definition) is 1. The molecule has 6 nitrogen and oxygen atoms in total. The molecule has 4 aromatic rings. The lowest BCUT2D eigenvalue weighted by atomic mass is 10.1. The van der Waals surface area contributed by atoms with Crippen molar-refractivity contribution in [3.05, 3.63) is 78.4 Å². The molecule has 0 aliphatic carbocycles. The molecule has 0 radical (unpaired) electrons. The number of carbonyl (C=O) groups excluding carboxylic acids is 1. The third-order valence-electron chi connectivity index (χ3n) is 4.75. The summed E-state index contributed by atoms with van der Waals surface area (Å²) >= 11 is 0. The van der Waals surface area contributed by atoms with Crippen molar-refractivity contribution in [2.75, 3.05) is 11.6 Å². The topological polar surface area (TPSA) is 80.5 Å². The first-order chi connectivity index (χ1) is 14.2. The Morgan fingerprint density at radius 2 is 1.80 bits per heavy atom. The fourth-order valence-electron chi connectivity index (χ4n) is 3.25. The molecule has 0 aliphatic rings. The normalized spacial score (nSPS) is 11.6. The summed E-state index contributed by atoms with van der Waals surface area (Å²) in [5, 5.41) is 3.23. The predicted molar refractivity (Wildman–Crippen MR) is 113 cm³/mol. The van der Waals surface area contributed by atoms with Crippen molar-refractivity contribution in [2.45, 2.75) is 11.8 Å². The standard InChI is InChI=1S/C22H18FN3O3S/c1-14(27)18-8-3-15(13-19(18)23)21-10-9-20(22-24-11-12-26(21)22)25-16-4-6-17(7-5-16)30(2,28)29/h3-13,25H,1-2H3. The number of fused-ring (bicyclic) bond motifs is 1. The highest BCUT2D eigenvalue weighted by atomic mass is 32.2. The molecule has 30 heavy (non-hydrogen) atoms. The van der Waals surface area contributed by atoms with Gasteiger partial charge >= 0.3 is 0 Å². The van der Waals surface area contributed by atoms with E-state index < -0.39 is 15.7 Å². The summed E-state index contributed by atoms with van der Waals surface area (Å²) in [6.07, 6.45) is 4.56. The molecule has 0 spiro atoms. The van der Waals surface area contributed by atoms with Gasteiger partial charge in [0.25, 0.3) is 0 Å². The van der Waals surface area contributed by atoms with Crippen LogP contribution in [0.2, 0.25) is 0 Å². The number of nitrogens with one attached hydrogen (secondary N) is 1. The number of anilines is 2. The van der Waals surface area contributed by atoms with Gasteiger partial charge in [-0.1, -0.05) is 6.07 Å². The van der Waals surface area contributed by atoms with Crippen molar-refractivity contribution in [1.29, 1.82) is 0 Å². The molecule has 1 N–H and O–H groups in total. The highest BCUT2D eigenvalue weighted by Gasteiger charge is 2.13. The average molecular weight is 423 g/mol. The van der Waals surface area contributed by atoms with Gasteiger partial charge < -0.3 is 5.32 Å². The van der Waals surface area contributed by atoms with Crippen LogP contribution in [0.5, 0.6) is 0 Å². The summed E-state index contributed by atoms with van der Waals surface area (Å²) in [4.78, 5) is 16.1. The Morgan fingerprint density at radius 3 is 2.43 bits per heavy atom. The van der Waals surface area contributed by atoms with Crippen LogP contribution in [0.1, 0.15) is 17.3 Å². The number of ketones is 1. The summed E-state index contributed by atoms with van der Waals surface area (Å²) in [6, 6.07) is 14.6. The first-order valence-corrected chi connectivity index (χ1v) is 11.0. The van der Waals surface area contributed by atoms with Crippen LogP contribution >= 0.6 is 0 Å². The number of benzene rings is 2. The van der Waals surface area contributed by atoms with Gasteiger partial charge in [0.15, 0.2) is 21.3 Å². The van der Waals surface area contributed by atoms with Gasteiger partial charge in [0.2, 0.25) is 0 Å². The molecule has 0 bridgehead atoms. The van der Waals surface area contributed by atoms with E-state index in [1.54, 1.807) is 30.6 Å². The van der Waals surface area contributed by atoms with Crippen molar-refractivity contribution in [2.24, 2.45) is 0 Å². The number of sulfone groups is 1. The van der Waals surface area contributed by atoms with Crippen molar-refractivity contribution < 1.29 is 17.6 Å². The Hall–Kier alpha value is -3.52. The number of hydrogen-bond acceptors (Lipinski definition) is 5. The van der Waals surface area contributed by atoms with Crippen molar-refractivity contribution in [1.82, 2.24) is 9.38 Å². The predicted octanol–water partition coefficient (Wildman–Crippen LogP) is 4.49. The van der Waals surface area contributed by atoms with E-state index in [1.165, 1.54) is 31.2 Å². The van der Waals surface area contributed by atoms with E-state index >= 15 is 0 Å². The van der Waals surface area contributed by atoms with Crippen molar-refractivity contribution >= 4 is 32.6 Å². The third kappa shape index (κ3) is 3.69. The molecular weight excluding hydrogens is 405 g/mol. The average Bonchev–Trinajstić information content (AvgIpc) is 3.18. The van der Waals surface area contributed by atoms with Crippen LogP contribution < -0.4 is 5.32 Å². The molecule has 0 atom stereocenters. The molecule has 152 valence electrons. The van der Waals surface area contributed by atoms with Crippen LogP contribution in [0.4, 0.5) is 15.8 Å². The molecule has 0 fully saturated rings. The zero-order valence-electron chi connectivity index (χ0n) is 16.3. The monoisotopic (exact) mass is 423 g/mol. The summed E-state index contributed by atoms with van der Waals surface area (Å²) in [7, 11) is -3.26. The van der Waals surface area contributed by atoms with Gasteiger partial charge in [0.05, 0.1) is 21.8 Å². The Bertz CT molecular complexity index is 1380. The zero-order chi connectivity index (χ0) is 21.5. The maximum Gasteiger partial charge on any atom is 0.175 e. The number of halogens is 1. The number of pyridine rings is 1. The van der Waals surface area contributed by atoms with E-state index in [0.717, 1.165) is 11.9 Å². The summed E-state index contributed by atoms with van der Waals surface area (Å²) < 4.78 is 39.3. The second-order valence-corrected chi connectivity index (χ2v) is 8.94. The highest BCUT2D eigenvalue weighted by molar-refractivity contribution is 7.90. The highest BCUT2D eigenvalue weighted by Crippen LogP contribution is 2.29. The SMILES string of the molecule is CC(=O)c1ccc(-c2ccc(Nc3ccc(S(C)(=O)=O)cc3)c3nccn23)cc1F.